The smallest absolute Gasteiger partial charge is 0.252 e. The molecular formula is C24H33ClN2O. The standard InChI is InChI=1S/C24H33ClN2O/c1-27(2)7-3-4-16-5-6-21(25)20(9-16)22(28)26-15-23-11-17-8-18-10-19(13-23)24(18,12-17)14-23/h5-6,9,17-19H,3-4,7-8,10-15H2,1-2H3,(H,26,28). The largest absolute Gasteiger partial charge is 0.351 e. The molecule has 28 heavy (non-hydrogen) atoms. The minimum absolute atomic E-state index is 0.0139. The first-order valence-electron chi connectivity index (χ1n) is 11.1. The summed E-state index contributed by atoms with van der Waals surface area (Å²) in [6.45, 7) is 1.90. The van der Waals surface area contributed by atoms with Crippen molar-refractivity contribution in [2.75, 3.05) is 27.2 Å². The van der Waals surface area contributed by atoms with Crippen LogP contribution < -0.4 is 5.32 Å². The second-order valence-corrected chi connectivity index (χ2v) is 11.1. The summed E-state index contributed by atoms with van der Waals surface area (Å²) in [5, 5.41) is 3.87. The predicted molar refractivity (Wildman–Crippen MR) is 114 cm³/mol. The fourth-order valence-corrected chi connectivity index (χ4v) is 7.81. The molecular weight excluding hydrogens is 368 g/mol. The van der Waals surface area contributed by atoms with Gasteiger partial charge in [0, 0.05) is 6.54 Å². The molecule has 0 heterocycles. The van der Waals surface area contributed by atoms with Crippen LogP contribution in [-0.4, -0.2) is 38.0 Å². The summed E-state index contributed by atoms with van der Waals surface area (Å²) < 4.78 is 0. The van der Waals surface area contributed by atoms with E-state index in [0.29, 0.717) is 21.4 Å². The normalized spacial score (nSPS) is 37.2. The van der Waals surface area contributed by atoms with Crippen LogP contribution in [0.25, 0.3) is 0 Å². The average Bonchev–Trinajstić information content (AvgIpc) is 2.96. The van der Waals surface area contributed by atoms with E-state index >= 15 is 0 Å². The highest BCUT2D eigenvalue weighted by atomic mass is 35.5. The molecule has 1 spiro atoms. The van der Waals surface area contributed by atoms with Gasteiger partial charge in [0.1, 0.15) is 0 Å². The maximum Gasteiger partial charge on any atom is 0.252 e. The Hall–Kier alpha value is -1.06. The van der Waals surface area contributed by atoms with Crippen LogP contribution in [0.4, 0.5) is 0 Å². The van der Waals surface area contributed by atoms with Crippen molar-refractivity contribution >= 4 is 17.5 Å². The van der Waals surface area contributed by atoms with E-state index in [9.17, 15) is 4.79 Å². The molecule has 4 saturated carbocycles. The molecule has 1 N–H and O–H groups in total. The van der Waals surface area contributed by atoms with E-state index in [0.717, 1.165) is 43.7 Å². The number of benzene rings is 1. The molecule has 4 aliphatic rings. The Balaban J connectivity index is 1.24. The number of aryl methyl sites for hydroxylation is 1. The van der Waals surface area contributed by atoms with E-state index in [1.165, 1.54) is 44.1 Å². The number of halogens is 1. The van der Waals surface area contributed by atoms with Crippen LogP contribution in [0, 0.1) is 28.6 Å². The second kappa shape index (κ2) is 6.74. The Morgan fingerprint density at radius 1 is 1.21 bits per heavy atom. The average molecular weight is 401 g/mol. The highest BCUT2D eigenvalue weighted by Crippen LogP contribution is 2.78. The highest BCUT2D eigenvalue weighted by Gasteiger charge is 2.70. The van der Waals surface area contributed by atoms with Crippen LogP contribution in [0.2, 0.25) is 5.02 Å². The fourth-order valence-electron chi connectivity index (χ4n) is 7.61. The van der Waals surface area contributed by atoms with Crippen molar-refractivity contribution in [1.29, 1.82) is 0 Å². The number of rotatable bonds is 7. The van der Waals surface area contributed by atoms with Gasteiger partial charge in [-0.05, 0) is 118 Å². The van der Waals surface area contributed by atoms with Gasteiger partial charge in [0.25, 0.3) is 5.91 Å². The third kappa shape index (κ3) is 3.01. The van der Waals surface area contributed by atoms with Gasteiger partial charge in [-0.3, -0.25) is 4.79 Å². The van der Waals surface area contributed by atoms with Gasteiger partial charge < -0.3 is 10.2 Å². The van der Waals surface area contributed by atoms with Crippen molar-refractivity contribution < 1.29 is 4.79 Å². The summed E-state index contributed by atoms with van der Waals surface area (Å²) >= 11 is 6.39. The fraction of sp³-hybridized carbons (Fsp3) is 0.708. The number of amides is 1. The Kier molecular flexibility index (Phi) is 4.56. The van der Waals surface area contributed by atoms with Gasteiger partial charge in [-0.1, -0.05) is 17.7 Å². The van der Waals surface area contributed by atoms with Crippen LogP contribution >= 0.6 is 11.6 Å². The van der Waals surface area contributed by atoms with Crippen LogP contribution in [0.15, 0.2) is 18.2 Å². The molecule has 1 aromatic rings. The lowest BCUT2D eigenvalue weighted by Crippen LogP contribution is -2.43. The first-order chi connectivity index (χ1) is 13.4. The summed E-state index contributed by atoms with van der Waals surface area (Å²) in [6, 6.07) is 5.95. The van der Waals surface area contributed by atoms with E-state index < -0.39 is 0 Å². The van der Waals surface area contributed by atoms with Crippen molar-refractivity contribution in [2.24, 2.45) is 28.6 Å². The molecule has 0 aliphatic heterocycles. The van der Waals surface area contributed by atoms with Crippen molar-refractivity contribution in [1.82, 2.24) is 10.2 Å². The topological polar surface area (TPSA) is 32.3 Å². The minimum atomic E-state index is 0.0139. The van der Waals surface area contributed by atoms with Crippen LogP contribution in [-0.2, 0) is 6.42 Å². The summed E-state index contributed by atoms with van der Waals surface area (Å²) in [4.78, 5) is 15.2. The maximum atomic E-state index is 13.0. The molecule has 3 bridgehead atoms. The quantitative estimate of drug-likeness (QED) is 0.714. The number of nitrogens with one attached hydrogen (secondary N) is 1. The highest BCUT2D eigenvalue weighted by molar-refractivity contribution is 6.33. The van der Waals surface area contributed by atoms with Gasteiger partial charge in [0.15, 0.2) is 0 Å². The van der Waals surface area contributed by atoms with Crippen molar-refractivity contribution in [2.45, 2.75) is 51.4 Å². The lowest BCUT2D eigenvalue weighted by atomic mass is 9.55. The van der Waals surface area contributed by atoms with E-state index in [1.54, 1.807) is 0 Å². The number of carbonyl (C=O) groups excluding carboxylic acids is 1. The molecule has 0 saturated heterocycles. The van der Waals surface area contributed by atoms with Crippen molar-refractivity contribution in [3.05, 3.63) is 34.3 Å². The molecule has 5 unspecified atom stereocenters. The SMILES string of the molecule is CN(C)CCCc1ccc(Cl)c(C(=O)NCC23CC4CC5CC(C2)C5(C4)C3)c1. The van der Waals surface area contributed by atoms with Crippen LogP contribution in [0.5, 0.6) is 0 Å². The molecule has 4 aliphatic carbocycles. The molecule has 0 radical (unpaired) electrons. The van der Waals surface area contributed by atoms with Crippen molar-refractivity contribution in [3.63, 3.8) is 0 Å². The number of fused-ring (bicyclic) bond motifs is 2. The molecule has 1 amide bonds. The zero-order valence-corrected chi connectivity index (χ0v) is 18.0. The number of nitrogens with zero attached hydrogens (tertiary/aromatic N) is 1. The molecule has 4 fully saturated rings. The third-order valence-electron chi connectivity index (χ3n) is 8.56. The predicted octanol–water partition coefficient (Wildman–Crippen LogP) is 4.78. The van der Waals surface area contributed by atoms with Gasteiger partial charge in [0.2, 0.25) is 0 Å². The maximum absolute atomic E-state index is 13.0. The van der Waals surface area contributed by atoms with Crippen molar-refractivity contribution in [3.8, 4) is 0 Å². The monoisotopic (exact) mass is 400 g/mol. The third-order valence-corrected chi connectivity index (χ3v) is 8.89. The zero-order chi connectivity index (χ0) is 19.5. The number of hydrogen-bond acceptors (Lipinski definition) is 2. The summed E-state index contributed by atoms with van der Waals surface area (Å²) in [5.41, 5.74) is 2.89. The Labute approximate surface area is 174 Å². The summed E-state index contributed by atoms with van der Waals surface area (Å²) in [7, 11) is 4.18. The lowest BCUT2D eigenvalue weighted by Gasteiger charge is -2.49. The molecule has 4 heteroatoms. The van der Waals surface area contributed by atoms with E-state index in [2.05, 4.69) is 30.4 Å². The summed E-state index contributed by atoms with van der Waals surface area (Å²) in [6.07, 6.45) is 10.5. The van der Waals surface area contributed by atoms with E-state index in [1.807, 2.05) is 12.1 Å². The first-order valence-corrected chi connectivity index (χ1v) is 11.5. The van der Waals surface area contributed by atoms with Gasteiger partial charge in [-0.2, -0.15) is 0 Å². The van der Waals surface area contributed by atoms with Gasteiger partial charge in [-0.25, -0.2) is 0 Å². The lowest BCUT2D eigenvalue weighted by molar-refractivity contribution is -0.00253. The molecule has 3 nitrogen and oxygen atoms in total. The summed E-state index contributed by atoms with van der Waals surface area (Å²) in [5.74, 6) is 2.90. The molecule has 152 valence electrons. The number of hydrogen-bond donors (Lipinski definition) is 1. The van der Waals surface area contributed by atoms with E-state index in [-0.39, 0.29) is 5.91 Å². The van der Waals surface area contributed by atoms with E-state index in [4.69, 9.17) is 11.6 Å². The zero-order valence-electron chi connectivity index (χ0n) is 17.3. The molecule has 5 rings (SSSR count). The Morgan fingerprint density at radius 2 is 2.07 bits per heavy atom. The Bertz CT molecular complexity index is 789. The molecule has 0 aromatic heterocycles. The second-order valence-electron chi connectivity index (χ2n) is 10.7. The van der Waals surface area contributed by atoms with Gasteiger partial charge in [-0.15, -0.1) is 0 Å². The minimum Gasteiger partial charge on any atom is -0.351 e. The van der Waals surface area contributed by atoms with Crippen LogP contribution in [0.3, 0.4) is 0 Å². The molecule has 5 atom stereocenters. The first kappa shape index (κ1) is 18.9. The van der Waals surface area contributed by atoms with Crippen LogP contribution in [0.1, 0.15) is 60.9 Å². The molecule has 1 aromatic carbocycles. The Morgan fingerprint density at radius 3 is 2.89 bits per heavy atom. The van der Waals surface area contributed by atoms with Gasteiger partial charge in [0.05, 0.1) is 10.6 Å². The van der Waals surface area contributed by atoms with Gasteiger partial charge >= 0.3 is 0 Å². The number of carbonyl (C=O) groups is 1.